The van der Waals surface area contributed by atoms with Crippen molar-refractivity contribution in [1.82, 2.24) is 0 Å². The number of benzene rings is 1. The molecule has 0 spiro atoms. The summed E-state index contributed by atoms with van der Waals surface area (Å²) < 4.78 is 9.26. The smallest absolute Gasteiger partial charge is 0.338 e. The van der Waals surface area contributed by atoms with E-state index < -0.39 is 5.97 Å². The molecule has 0 aliphatic carbocycles. The number of ether oxygens (including phenoxy) is 1. The highest BCUT2D eigenvalue weighted by Gasteiger charge is 2.08. The molecule has 1 N–H and O–H groups in total. The number of phenolic OH excluding ortho intramolecular Hbond substituents is 1. The number of rotatable bonds is 2. The van der Waals surface area contributed by atoms with E-state index in [9.17, 15) is 9.90 Å². The van der Waals surface area contributed by atoms with Gasteiger partial charge in [0.1, 0.15) is 11.5 Å². The summed E-state index contributed by atoms with van der Waals surface area (Å²) in [7, 11) is 3.29. The summed E-state index contributed by atoms with van der Waals surface area (Å²) in [5.41, 5.74) is 0.250. The predicted molar refractivity (Wildman–Crippen MR) is 49.8 cm³/mol. The number of hydrogen-bond donors (Lipinski definition) is 1. The number of carbonyl (C=O) groups excluding carboxylic acids is 1. The van der Waals surface area contributed by atoms with Gasteiger partial charge in [0.25, 0.3) is 0 Å². The quantitative estimate of drug-likeness (QED) is 0.578. The lowest BCUT2D eigenvalue weighted by atomic mass is 10.2. The molecule has 1 unspecified atom stereocenters. The molecule has 0 saturated carbocycles. The molecule has 4 nitrogen and oxygen atoms in total. The highest BCUT2D eigenvalue weighted by atomic mass is 31.0. The zero-order valence-corrected chi connectivity index (χ0v) is 8.14. The van der Waals surface area contributed by atoms with Gasteiger partial charge in [0.15, 0.2) is 0 Å². The van der Waals surface area contributed by atoms with Crippen LogP contribution in [0.15, 0.2) is 18.2 Å². The van der Waals surface area contributed by atoms with Crippen LogP contribution in [0, 0.1) is 0 Å². The van der Waals surface area contributed by atoms with Crippen LogP contribution >= 0.6 is 9.47 Å². The van der Waals surface area contributed by atoms with Crippen molar-refractivity contribution in [2.45, 2.75) is 0 Å². The van der Waals surface area contributed by atoms with Crippen molar-refractivity contribution in [2.24, 2.45) is 0 Å². The molecule has 0 heterocycles. The minimum Gasteiger partial charge on any atom is -0.508 e. The normalized spacial score (nSPS) is 9.38. The summed E-state index contributed by atoms with van der Waals surface area (Å²) in [5.74, 6) is -0.176. The molecule has 0 bridgehead atoms. The first kappa shape index (κ1) is 9.81. The Morgan fingerprint density at radius 2 is 2.15 bits per heavy atom. The van der Waals surface area contributed by atoms with Crippen molar-refractivity contribution < 1.29 is 19.2 Å². The lowest BCUT2D eigenvalue weighted by molar-refractivity contribution is 0.0600. The third-order valence-corrected chi connectivity index (χ3v) is 1.72. The van der Waals surface area contributed by atoms with E-state index in [1.807, 2.05) is 9.47 Å². The van der Waals surface area contributed by atoms with Crippen LogP contribution in [0.5, 0.6) is 11.5 Å². The van der Waals surface area contributed by atoms with Gasteiger partial charge in [-0.25, -0.2) is 4.79 Å². The van der Waals surface area contributed by atoms with E-state index >= 15 is 0 Å². The van der Waals surface area contributed by atoms with E-state index in [1.165, 1.54) is 25.3 Å². The number of aromatic hydroxyl groups is 1. The molecule has 0 radical (unpaired) electrons. The van der Waals surface area contributed by atoms with Crippen LogP contribution in [-0.2, 0) is 4.74 Å². The second kappa shape index (κ2) is 4.10. The van der Waals surface area contributed by atoms with Crippen LogP contribution < -0.4 is 4.52 Å². The van der Waals surface area contributed by atoms with Crippen molar-refractivity contribution >= 4 is 15.4 Å². The van der Waals surface area contributed by atoms with E-state index in [2.05, 4.69) is 4.74 Å². The van der Waals surface area contributed by atoms with Crippen LogP contribution in [-0.4, -0.2) is 18.2 Å². The average Bonchev–Trinajstić information content (AvgIpc) is 2.15. The van der Waals surface area contributed by atoms with Crippen LogP contribution in [0.4, 0.5) is 0 Å². The van der Waals surface area contributed by atoms with Gasteiger partial charge in [-0.1, -0.05) is 0 Å². The first-order valence-corrected chi connectivity index (χ1v) is 3.93. The lowest BCUT2D eigenvalue weighted by Crippen LogP contribution is -2.00. The SMILES string of the molecule is COC(=O)c1cc(O)cc(OP)c1. The topological polar surface area (TPSA) is 55.8 Å². The summed E-state index contributed by atoms with van der Waals surface area (Å²) >= 11 is 0. The number of hydrogen-bond acceptors (Lipinski definition) is 4. The molecule has 1 aromatic carbocycles. The molecule has 0 fully saturated rings. The Kier molecular flexibility index (Phi) is 3.09. The highest BCUT2D eigenvalue weighted by molar-refractivity contribution is 7.10. The van der Waals surface area contributed by atoms with Crippen molar-refractivity contribution in [3.8, 4) is 11.5 Å². The molecule has 0 aliphatic heterocycles. The molecule has 0 saturated heterocycles. The second-order valence-electron chi connectivity index (χ2n) is 2.33. The van der Waals surface area contributed by atoms with Gasteiger partial charge in [0, 0.05) is 6.07 Å². The van der Waals surface area contributed by atoms with Gasteiger partial charge in [0.05, 0.1) is 22.1 Å². The lowest BCUT2D eigenvalue weighted by Gasteiger charge is -2.03. The molecule has 5 heteroatoms. The molecule has 0 amide bonds. The molecule has 0 aromatic heterocycles. The Morgan fingerprint density at radius 3 is 2.69 bits per heavy atom. The Morgan fingerprint density at radius 1 is 1.46 bits per heavy atom. The standard InChI is InChI=1S/C8H9O4P/c1-11-8(10)5-2-6(9)4-7(3-5)12-13/h2-4,9H,13H2,1H3. The maximum absolute atomic E-state index is 11.0. The summed E-state index contributed by atoms with van der Waals surface area (Å²) in [4.78, 5) is 11.0. The summed E-state index contributed by atoms with van der Waals surface area (Å²) in [6.45, 7) is 0. The zero-order chi connectivity index (χ0) is 9.84. The van der Waals surface area contributed by atoms with Crippen molar-refractivity contribution in [2.75, 3.05) is 7.11 Å². The van der Waals surface area contributed by atoms with E-state index in [-0.39, 0.29) is 11.3 Å². The molecule has 13 heavy (non-hydrogen) atoms. The summed E-state index contributed by atoms with van der Waals surface area (Å²) in [6, 6.07) is 4.16. The maximum atomic E-state index is 11.0. The van der Waals surface area contributed by atoms with Crippen LogP contribution in [0.2, 0.25) is 0 Å². The Hall–Kier alpha value is -1.28. The summed E-state index contributed by atoms with van der Waals surface area (Å²) in [5, 5.41) is 9.17. The number of esters is 1. The van der Waals surface area contributed by atoms with Gasteiger partial charge < -0.3 is 14.4 Å². The minimum absolute atomic E-state index is 0.0413. The average molecular weight is 200 g/mol. The fourth-order valence-corrected chi connectivity index (χ4v) is 1.02. The molecule has 1 aromatic rings. The van der Waals surface area contributed by atoms with Gasteiger partial charge >= 0.3 is 5.97 Å². The monoisotopic (exact) mass is 200 g/mol. The zero-order valence-electron chi connectivity index (χ0n) is 6.98. The van der Waals surface area contributed by atoms with E-state index in [0.29, 0.717) is 5.75 Å². The van der Waals surface area contributed by atoms with E-state index in [0.717, 1.165) is 0 Å². The van der Waals surface area contributed by atoms with Gasteiger partial charge in [-0.3, -0.25) is 0 Å². The van der Waals surface area contributed by atoms with E-state index in [1.54, 1.807) is 0 Å². The number of methoxy groups -OCH3 is 1. The minimum atomic E-state index is -0.515. The van der Waals surface area contributed by atoms with Gasteiger partial charge in [-0.05, 0) is 12.1 Å². The third-order valence-electron chi connectivity index (χ3n) is 1.45. The third kappa shape index (κ3) is 2.33. The first-order chi connectivity index (χ1) is 6.17. The van der Waals surface area contributed by atoms with Crippen LogP contribution in [0.25, 0.3) is 0 Å². The van der Waals surface area contributed by atoms with Crippen LogP contribution in [0.3, 0.4) is 0 Å². The van der Waals surface area contributed by atoms with Gasteiger partial charge in [0.2, 0.25) is 0 Å². The Bertz CT molecular complexity index is 324. The Labute approximate surface area is 77.8 Å². The molecular formula is C8H9O4P. The van der Waals surface area contributed by atoms with Crippen molar-refractivity contribution in [3.63, 3.8) is 0 Å². The molecule has 1 rings (SSSR count). The van der Waals surface area contributed by atoms with Crippen molar-refractivity contribution in [1.29, 1.82) is 0 Å². The fraction of sp³-hybridized carbons (Fsp3) is 0.125. The number of phenols is 1. The maximum Gasteiger partial charge on any atom is 0.338 e. The Balaban J connectivity index is 3.08. The van der Waals surface area contributed by atoms with Gasteiger partial charge in [-0.2, -0.15) is 0 Å². The highest BCUT2D eigenvalue weighted by Crippen LogP contribution is 2.23. The summed E-state index contributed by atoms with van der Waals surface area (Å²) in [6.07, 6.45) is 0. The molecule has 0 aliphatic rings. The molecule has 1 atom stereocenters. The second-order valence-corrected chi connectivity index (χ2v) is 2.56. The molecular weight excluding hydrogens is 191 g/mol. The first-order valence-electron chi connectivity index (χ1n) is 3.46. The van der Waals surface area contributed by atoms with Gasteiger partial charge in [-0.15, -0.1) is 0 Å². The van der Waals surface area contributed by atoms with E-state index in [4.69, 9.17) is 4.52 Å². The van der Waals surface area contributed by atoms with Crippen LogP contribution in [0.1, 0.15) is 10.4 Å². The predicted octanol–water partition coefficient (Wildman–Crippen LogP) is 1.35. The largest absolute Gasteiger partial charge is 0.508 e. The molecule has 70 valence electrons. The number of carbonyl (C=O) groups is 1. The van der Waals surface area contributed by atoms with Crippen molar-refractivity contribution in [3.05, 3.63) is 23.8 Å². The fourth-order valence-electron chi connectivity index (χ4n) is 0.887.